The molecule has 0 saturated carbocycles. The molecule has 24 heavy (non-hydrogen) atoms. The van der Waals surface area contributed by atoms with Gasteiger partial charge in [0.05, 0.1) is 32.7 Å². The van der Waals surface area contributed by atoms with Gasteiger partial charge < -0.3 is 19.1 Å². The SMILES string of the molecule is COCCC(=O)N1CC2(CC(CCOc3ccccn3)CCO2)C1. The third-order valence-corrected chi connectivity index (χ3v) is 4.84. The third-order valence-electron chi connectivity index (χ3n) is 4.84. The number of amides is 1. The average Bonchev–Trinajstić information content (AvgIpc) is 2.58. The molecule has 3 rings (SSSR count). The number of methoxy groups -OCH3 is 1. The van der Waals surface area contributed by atoms with Gasteiger partial charge >= 0.3 is 0 Å². The highest BCUT2D eigenvalue weighted by atomic mass is 16.5. The third kappa shape index (κ3) is 4.24. The van der Waals surface area contributed by atoms with Gasteiger partial charge in [0.2, 0.25) is 11.8 Å². The molecule has 1 spiro atoms. The molecule has 6 heteroatoms. The smallest absolute Gasteiger partial charge is 0.225 e. The van der Waals surface area contributed by atoms with Gasteiger partial charge in [-0.1, -0.05) is 6.07 Å². The summed E-state index contributed by atoms with van der Waals surface area (Å²) in [5.74, 6) is 1.42. The van der Waals surface area contributed by atoms with E-state index in [0.717, 1.165) is 25.9 Å². The van der Waals surface area contributed by atoms with Crippen molar-refractivity contribution in [2.75, 3.05) is 40.0 Å². The van der Waals surface area contributed by atoms with Gasteiger partial charge in [-0.05, 0) is 31.2 Å². The van der Waals surface area contributed by atoms with Crippen LogP contribution in [0.4, 0.5) is 0 Å². The molecule has 0 N–H and O–H groups in total. The summed E-state index contributed by atoms with van der Waals surface area (Å²) in [7, 11) is 1.62. The minimum Gasteiger partial charge on any atom is -0.478 e. The fourth-order valence-corrected chi connectivity index (χ4v) is 3.53. The largest absolute Gasteiger partial charge is 0.478 e. The molecule has 2 fully saturated rings. The van der Waals surface area contributed by atoms with Gasteiger partial charge in [0.1, 0.15) is 5.60 Å². The van der Waals surface area contributed by atoms with Crippen LogP contribution in [0.15, 0.2) is 24.4 Å². The molecular formula is C18H26N2O4. The number of hydrogen-bond donors (Lipinski definition) is 0. The van der Waals surface area contributed by atoms with Crippen molar-refractivity contribution in [3.05, 3.63) is 24.4 Å². The molecule has 0 aliphatic carbocycles. The van der Waals surface area contributed by atoms with E-state index in [4.69, 9.17) is 14.2 Å². The van der Waals surface area contributed by atoms with E-state index < -0.39 is 0 Å². The van der Waals surface area contributed by atoms with Gasteiger partial charge in [-0.25, -0.2) is 4.98 Å². The highest BCUT2D eigenvalue weighted by molar-refractivity contribution is 5.77. The van der Waals surface area contributed by atoms with Gasteiger partial charge in [-0.15, -0.1) is 0 Å². The number of ether oxygens (including phenoxy) is 3. The molecule has 1 unspecified atom stereocenters. The molecule has 3 heterocycles. The van der Waals surface area contributed by atoms with Crippen LogP contribution in [0, 0.1) is 5.92 Å². The first-order valence-electron chi connectivity index (χ1n) is 8.65. The van der Waals surface area contributed by atoms with E-state index in [1.54, 1.807) is 13.3 Å². The first-order chi connectivity index (χ1) is 11.7. The summed E-state index contributed by atoms with van der Waals surface area (Å²) >= 11 is 0. The Hall–Kier alpha value is -1.66. The zero-order valence-corrected chi connectivity index (χ0v) is 14.3. The molecule has 0 bridgehead atoms. The van der Waals surface area contributed by atoms with E-state index >= 15 is 0 Å². The van der Waals surface area contributed by atoms with Crippen LogP contribution in [-0.2, 0) is 14.3 Å². The molecular weight excluding hydrogens is 308 g/mol. The van der Waals surface area contributed by atoms with Crippen LogP contribution in [0.3, 0.4) is 0 Å². The molecule has 1 amide bonds. The Morgan fingerprint density at radius 3 is 3.04 bits per heavy atom. The summed E-state index contributed by atoms with van der Waals surface area (Å²) in [5.41, 5.74) is -0.128. The van der Waals surface area contributed by atoms with Crippen LogP contribution in [0.2, 0.25) is 0 Å². The predicted octanol–water partition coefficient (Wildman–Crippen LogP) is 1.89. The Labute approximate surface area is 143 Å². The highest BCUT2D eigenvalue weighted by Gasteiger charge is 2.48. The first kappa shape index (κ1) is 17.2. The topological polar surface area (TPSA) is 60.9 Å². The maximum absolute atomic E-state index is 12.0. The van der Waals surface area contributed by atoms with E-state index in [9.17, 15) is 4.79 Å². The van der Waals surface area contributed by atoms with Gasteiger partial charge in [0.25, 0.3) is 0 Å². The number of rotatable bonds is 7. The number of carbonyl (C=O) groups excluding carboxylic acids is 1. The number of nitrogens with zero attached hydrogens (tertiary/aromatic N) is 2. The van der Waals surface area contributed by atoms with Crippen molar-refractivity contribution < 1.29 is 19.0 Å². The van der Waals surface area contributed by atoms with Crippen molar-refractivity contribution in [2.24, 2.45) is 5.92 Å². The summed E-state index contributed by atoms with van der Waals surface area (Å²) in [6, 6.07) is 5.68. The lowest BCUT2D eigenvalue weighted by Gasteiger charge is -2.53. The Balaban J connectivity index is 1.40. The Bertz CT molecular complexity index is 531. The van der Waals surface area contributed by atoms with Crippen molar-refractivity contribution in [1.29, 1.82) is 0 Å². The van der Waals surface area contributed by atoms with Crippen molar-refractivity contribution in [2.45, 2.75) is 31.3 Å². The summed E-state index contributed by atoms with van der Waals surface area (Å²) in [4.78, 5) is 18.0. The quantitative estimate of drug-likeness (QED) is 0.762. The number of likely N-dealkylation sites (tertiary alicyclic amines) is 1. The van der Waals surface area contributed by atoms with E-state index in [0.29, 0.717) is 44.5 Å². The predicted molar refractivity (Wildman–Crippen MR) is 88.8 cm³/mol. The number of hydrogen-bond acceptors (Lipinski definition) is 5. The second-order valence-electron chi connectivity index (χ2n) is 6.69. The van der Waals surface area contributed by atoms with Gasteiger partial charge in [-0.3, -0.25) is 4.79 Å². The average molecular weight is 334 g/mol. The second kappa shape index (κ2) is 7.94. The normalized spacial score (nSPS) is 22.2. The molecule has 132 valence electrons. The van der Waals surface area contributed by atoms with Crippen LogP contribution in [0.1, 0.15) is 25.7 Å². The summed E-state index contributed by atoms with van der Waals surface area (Å²) in [5, 5.41) is 0. The van der Waals surface area contributed by atoms with E-state index in [1.807, 2.05) is 23.1 Å². The zero-order chi connectivity index (χ0) is 16.8. The van der Waals surface area contributed by atoms with E-state index in [1.165, 1.54) is 0 Å². The number of pyridine rings is 1. The maximum Gasteiger partial charge on any atom is 0.225 e. The maximum atomic E-state index is 12.0. The fraction of sp³-hybridized carbons (Fsp3) is 0.667. The molecule has 1 aromatic heterocycles. The molecule has 1 atom stereocenters. The van der Waals surface area contributed by atoms with Crippen LogP contribution >= 0.6 is 0 Å². The standard InChI is InChI=1S/C18H26N2O4/c1-22-9-7-17(21)20-13-18(14-20)12-15(6-11-24-18)5-10-23-16-4-2-3-8-19-16/h2-4,8,15H,5-7,9-14H2,1H3. The van der Waals surface area contributed by atoms with Crippen molar-refractivity contribution in [3.63, 3.8) is 0 Å². The lowest BCUT2D eigenvalue weighted by Crippen LogP contribution is -2.66. The van der Waals surface area contributed by atoms with E-state index in [2.05, 4.69) is 4.98 Å². The lowest BCUT2D eigenvalue weighted by atomic mass is 9.79. The van der Waals surface area contributed by atoms with Crippen molar-refractivity contribution in [1.82, 2.24) is 9.88 Å². The minimum absolute atomic E-state index is 0.128. The van der Waals surface area contributed by atoms with Crippen molar-refractivity contribution in [3.8, 4) is 5.88 Å². The molecule has 2 aliphatic rings. The Morgan fingerprint density at radius 1 is 1.42 bits per heavy atom. The number of carbonyl (C=O) groups is 1. The molecule has 0 radical (unpaired) electrons. The first-order valence-corrected chi connectivity index (χ1v) is 8.65. The van der Waals surface area contributed by atoms with Gasteiger partial charge in [0, 0.05) is 26.0 Å². The van der Waals surface area contributed by atoms with Gasteiger partial charge in [-0.2, -0.15) is 0 Å². The molecule has 2 saturated heterocycles. The lowest BCUT2D eigenvalue weighted by molar-refractivity contribution is -0.189. The number of aromatic nitrogens is 1. The molecule has 6 nitrogen and oxygen atoms in total. The Kier molecular flexibility index (Phi) is 5.68. The van der Waals surface area contributed by atoms with Crippen LogP contribution < -0.4 is 4.74 Å². The van der Waals surface area contributed by atoms with Crippen LogP contribution in [0.5, 0.6) is 5.88 Å². The monoisotopic (exact) mass is 334 g/mol. The van der Waals surface area contributed by atoms with Crippen LogP contribution in [-0.4, -0.2) is 61.4 Å². The second-order valence-corrected chi connectivity index (χ2v) is 6.69. The molecule has 1 aromatic rings. The zero-order valence-electron chi connectivity index (χ0n) is 14.3. The highest BCUT2D eigenvalue weighted by Crippen LogP contribution is 2.38. The summed E-state index contributed by atoms with van der Waals surface area (Å²) in [6.07, 6.45) is 5.26. The van der Waals surface area contributed by atoms with Crippen molar-refractivity contribution >= 4 is 5.91 Å². The Morgan fingerprint density at radius 2 is 2.29 bits per heavy atom. The molecule has 0 aromatic carbocycles. The summed E-state index contributed by atoms with van der Waals surface area (Å²) < 4.78 is 16.7. The summed E-state index contributed by atoms with van der Waals surface area (Å²) in [6.45, 7) is 3.36. The van der Waals surface area contributed by atoms with E-state index in [-0.39, 0.29) is 11.5 Å². The van der Waals surface area contributed by atoms with Crippen LogP contribution in [0.25, 0.3) is 0 Å². The molecule has 2 aliphatic heterocycles. The van der Waals surface area contributed by atoms with Gasteiger partial charge in [0.15, 0.2) is 0 Å². The minimum atomic E-state index is -0.128. The fourth-order valence-electron chi connectivity index (χ4n) is 3.53.